The first kappa shape index (κ1) is 26.3. The van der Waals surface area contributed by atoms with Crippen LogP contribution in [0.25, 0.3) is 5.52 Å². The highest BCUT2D eigenvalue weighted by Crippen LogP contribution is 2.45. The van der Waals surface area contributed by atoms with Crippen molar-refractivity contribution in [3.63, 3.8) is 0 Å². The molecule has 0 radical (unpaired) electrons. The fourth-order valence-corrected chi connectivity index (χ4v) is 5.15. The van der Waals surface area contributed by atoms with Gasteiger partial charge in [0.25, 0.3) is 11.5 Å². The molecule has 8 nitrogen and oxygen atoms in total. The molecule has 2 N–H and O–H groups in total. The number of hydrogen-bond donors (Lipinski definition) is 2. The first-order chi connectivity index (χ1) is 16.7. The molecule has 1 saturated carbocycles. The molecule has 1 aliphatic rings. The molecular formula is C22H32B6N4O4. The van der Waals surface area contributed by atoms with Gasteiger partial charge in [-0.25, -0.2) is 4.52 Å². The first-order valence-corrected chi connectivity index (χ1v) is 12.6. The molecule has 0 aromatic carbocycles. The summed E-state index contributed by atoms with van der Waals surface area (Å²) in [5.74, 6) is -0.0392. The van der Waals surface area contributed by atoms with Gasteiger partial charge in [-0.2, -0.15) is 5.10 Å². The lowest BCUT2D eigenvalue weighted by Crippen LogP contribution is -2.55. The fraction of sp³-hybridized carbons (Fsp3) is 0.409. The van der Waals surface area contributed by atoms with Crippen LogP contribution in [-0.2, 0) is 6.42 Å². The number of carbonyl (C=O) groups is 1. The molecule has 36 heavy (non-hydrogen) atoms. The van der Waals surface area contributed by atoms with E-state index in [-0.39, 0.29) is 27.4 Å². The minimum Gasteiger partial charge on any atom is -0.493 e. The molecule has 0 bridgehead atoms. The van der Waals surface area contributed by atoms with Gasteiger partial charge in [0, 0.05) is 17.8 Å². The van der Waals surface area contributed by atoms with E-state index in [0.29, 0.717) is 24.3 Å². The zero-order valence-electron chi connectivity index (χ0n) is 22.4. The predicted octanol–water partition coefficient (Wildman–Crippen LogP) is -3.30. The second kappa shape index (κ2) is 9.29. The maximum atomic E-state index is 13.0. The number of carbonyl (C=O) groups excluding carboxylic acids is 1. The third-order valence-corrected chi connectivity index (χ3v) is 7.46. The average Bonchev–Trinajstić information content (AvgIpc) is 3.55. The van der Waals surface area contributed by atoms with Crippen molar-refractivity contribution in [2.45, 2.75) is 47.6 Å². The summed E-state index contributed by atoms with van der Waals surface area (Å²) in [7, 11) is 13.9. The molecule has 182 valence electrons. The van der Waals surface area contributed by atoms with Gasteiger partial charge in [-0.3, -0.25) is 9.59 Å². The van der Waals surface area contributed by atoms with Crippen molar-refractivity contribution in [1.29, 1.82) is 0 Å². The van der Waals surface area contributed by atoms with Gasteiger partial charge in [-0.1, -0.05) is 10.2 Å². The molecular weight excluding hydrogens is 449 g/mol. The Kier molecular flexibility index (Phi) is 6.79. The molecule has 3 heterocycles. The van der Waals surface area contributed by atoms with Gasteiger partial charge in [0.1, 0.15) is 5.56 Å². The van der Waals surface area contributed by atoms with Crippen LogP contribution in [0.15, 0.2) is 41.5 Å². The number of aryl methyl sites for hydroxylation is 1. The molecule has 1 amide bonds. The fourth-order valence-electron chi connectivity index (χ4n) is 5.15. The number of aliphatic hydroxyl groups is 1. The number of methoxy groups -OCH3 is 1. The van der Waals surface area contributed by atoms with E-state index in [1.807, 2.05) is 6.07 Å². The van der Waals surface area contributed by atoms with Gasteiger partial charge in [0.15, 0.2) is 5.75 Å². The van der Waals surface area contributed by atoms with Crippen LogP contribution in [0.5, 0.6) is 5.75 Å². The molecule has 3 aromatic heterocycles. The molecule has 4 rings (SSSR count). The van der Waals surface area contributed by atoms with Gasteiger partial charge in [-0.15, -0.1) is 0 Å². The Morgan fingerprint density at radius 1 is 1.19 bits per heavy atom. The lowest BCUT2D eigenvalue weighted by molar-refractivity contribution is 0.0329. The topological polar surface area (TPSA) is 97.9 Å². The average molecular weight is 481 g/mol. The Bertz CT molecular complexity index is 1340. The van der Waals surface area contributed by atoms with Gasteiger partial charge < -0.3 is 19.7 Å². The van der Waals surface area contributed by atoms with Crippen LogP contribution in [0.4, 0.5) is 5.69 Å². The number of nitrogens with zero attached hydrogens (tertiary/aromatic N) is 3. The third-order valence-electron chi connectivity index (χ3n) is 7.46. The Hall–Kier alpha value is -2.74. The van der Waals surface area contributed by atoms with E-state index in [1.54, 1.807) is 39.7 Å². The first-order valence-electron chi connectivity index (χ1n) is 12.6. The molecule has 3 aromatic rings. The zero-order valence-corrected chi connectivity index (χ0v) is 22.4. The molecule has 0 unspecified atom stereocenters. The van der Waals surface area contributed by atoms with Crippen molar-refractivity contribution in [2.24, 2.45) is 0 Å². The summed E-state index contributed by atoms with van der Waals surface area (Å²) in [5, 5.41) is 18.5. The second-order valence-corrected chi connectivity index (χ2v) is 11.9. The van der Waals surface area contributed by atoms with Gasteiger partial charge in [-0.05, 0) is 49.9 Å². The van der Waals surface area contributed by atoms with Crippen LogP contribution in [0, 0.1) is 0 Å². The number of amides is 1. The van der Waals surface area contributed by atoms with Crippen LogP contribution < -0.4 is 15.6 Å². The van der Waals surface area contributed by atoms with E-state index in [2.05, 4.69) is 57.5 Å². The monoisotopic (exact) mass is 482 g/mol. The summed E-state index contributed by atoms with van der Waals surface area (Å²) in [5.41, 5.74) is 1.000. The van der Waals surface area contributed by atoms with Crippen LogP contribution in [0.1, 0.15) is 41.4 Å². The maximum absolute atomic E-state index is 13.0. The molecule has 0 atom stereocenters. The third kappa shape index (κ3) is 4.92. The Balaban J connectivity index is 1.59. The van der Waals surface area contributed by atoms with Crippen LogP contribution in [0.3, 0.4) is 0 Å². The normalized spacial score (nSPS) is 14.6. The van der Waals surface area contributed by atoms with Crippen molar-refractivity contribution >= 4 is 64.2 Å². The van der Waals surface area contributed by atoms with E-state index >= 15 is 0 Å². The number of fused-ring (bicyclic) bond motifs is 1. The van der Waals surface area contributed by atoms with Crippen molar-refractivity contribution in [3.8, 4) is 5.75 Å². The van der Waals surface area contributed by atoms with Gasteiger partial charge in [0.05, 0.1) is 77.3 Å². The number of ether oxygens (including phenoxy) is 1. The van der Waals surface area contributed by atoms with Crippen LogP contribution >= 0.6 is 0 Å². The standard InChI is InChI=1S/C22H32B6N4O4/c1-36-17-11-32-14(9-12(30-32)6-7-20(35,21(23,24)25)22(26,27)28)10-16(17)29-18(33)15-3-2-8-31(19(15)34)13-4-5-13/h2-3,8-11,13,35H,4-7,23-28H2,1H3,(H,29,33). The van der Waals surface area contributed by atoms with E-state index < -0.39 is 11.5 Å². The number of rotatable bonds is 9. The van der Waals surface area contributed by atoms with E-state index in [1.165, 1.54) is 7.11 Å². The number of nitrogens with one attached hydrogen (secondary N) is 1. The number of hydrogen-bond acceptors (Lipinski definition) is 5. The molecule has 14 heteroatoms. The molecule has 0 saturated heterocycles. The summed E-state index contributed by atoms with van der Waals surface area (Å²) in [4.78, 5) is 25.8. The molecule has 0 spiro atoms. The molecule has 1 aliphatic carbocycles. The van der Waals surface area contributed by atoms with E-state index in [4.69, 9.17) is 4.74 Å². The summed E-state index contributed by atoms with van der Waals surface area (Å²) >= 11 is 0. The smallest absolute Gasteiger partial charge is 0.263 e. The summed E-state index contributed by atoms with van der Waals surface area (Å²) in [6.07, 6.45) is 6.52. The van der Waals surface area contributed by atoms with Crippen molar-refractivity contribution < 1.29 is 14.6 Å². The van der Waals surface area contributed by atoms with Gasteiger partial charge in [0.2, 0.25) is 0 Å². The minimum absolute atomic E-state index is 0.101. The Morgan fingerprint density at radius 3 is 2.44 bits per heavy atom. The van der Waals surface area contributed by atoms with Crippen molar-refractivity contribution in [3.05, 3.63) is 58.3 Å². The lowest BCUT2D eigenvalue weighted by Gasteiger charge is -2.51. The maximum Gasteiger partial charge on any atom is 0.263 e. The van der Waals surface area contributed by atoms with E-state index in [0.717, 1.165) is 24.1 Å². The molecule has 1 fully saturated rings. The van der Waals surface area contributed by atoms with Crippen LogP contribution in [-0.4, -0.2) is 85.0 Å². The highest BCUT2D eigenvalue weighted by atomic mass is 16.5. The number of pyridine rings is 2. The minimum atomic E-state index is -0.893. The highest BCUT2D eigenvalue weighted by molar-refractivity contribution is 6.65. The second-order valence-electron chi connectivity index (χ2n) is 11.9. The number of aromatic nitrogens is 3. The van der Waals surface area contributed by atoms with E-state index in [9.17, 15) is 14.7 Å². The SMILES string of the molecule is BC(B)(B)C(O)(CCc1cc2cc(NC(=O)c3cccn(C4CC4)c3=O)c(OC)cn2n1)C(B)(B)B. The molecule has 0 aliphatic heterocycles. The van der Waals surface area contributed by atoms with Crippen molar-refractivity contribution in [2.75, 3.05) is 12.4 Å². The van der Waals surface area contributed by atoms with Crippen LogP contribution in [0.2, 0.25) is 10.2 Å². The predicted molar refractivity (Wildman–Crippen MR) is 159 cm³/mol. The highest BCUT2D eigenvalue weighted by Gasteiger charge is 2.47. The Labute approximate surface area is 217 Å². The van der Waals surface area contributed by atoms with Crippen molar-refractivity contribution in [1.82, 2.24) is 14.2 Å². The lowest BCUT2D eigenvalue weighted by atomic mass is 9.22. The summed E-state index contributed by atoms with van der Waals surface area (Å²) < 4.78 is 8.85. The Morgan fingerprint density at radius 2 is 1.86 bits per heavy atom. The zero-order chi connectivity index (χ0) is 26.5. The largest absolute Gasteiger partial charge is 0.493 e. The van der Waals surface area contributed by atoms with Gasteiger partial charge >= 0.3 is 0 Å². The quantitative estimate of drug-likeness (QED) is 0.312. The summed E-state index contributed by atoms with van der Waals surface area (Å²) in [6.45, 7) is 0. The number of anilines is 1. The summed E-state index contributed by atoms with van der Waals surface area (Å²) in [6, 6.07) is 7.20.